The first-order chi connectivity index (χ1) is 16.5. The minimum Gasteiger partial charge on any atom is -0.395 e. The van der Waals surface area contributed by atoms with E-state index in [4.69, 9.17) is 28.2 Å². The summed E-state index contributed by atoms with van der Waals surface area (Å²) in [5, 5.41) is 24.5. The van der Waals surface area contributed by atoms with E-state index >= 15 is 0 Å². The summed E-state index contributed by atoms with van der Waals surface area (Å²) in [5.41, 5.74) is 2.16. The van der Waals surface area contributed by atoms with Gasteiger partial charge in [-0.3, -0.25) is 0 Å². The van der Waals surface area contributed by atoms with Gasteiger partial charge >= 0.3 is 0 Å². The van der Waals surface area contributed by atoms with Gasteiger partial charge in [-0.15, -0.1) is 0 Å². The zero-order chi connectivity index (χ0) is 23.8. The Morgan fingerprint density at radius 3 is 2.79 bits per heavy atom. The number of anilines is 1. The number of β-amino-alcohol motifs (C(OH)–C–C–N with tert-alkyl or cyclic N) is 1. The zero-order valence-electron chi connectivity index (χ0n) is 19.0. The third kappa shape index (κ3) is 4.34. The number of fused-ring (bicyclic) bond motifs is 1. The van der Waals surface area contributed by atoms with Gasteiger partial charge in [0, 0.05) is 36.2 Å². The summed E-state index contributed by atoms with van der Waals surface area (Å²) in [6.45, 7) is 6.97. The van der Waals surface area contributed by atoms with Crippen molar-refractivity contribution >= 4 is 40.2 Å². The van der Waals surface area contributed by atoms with Crippen LogP contribution < -0.4 is 4.90 Å². The second kappa shape index (κ2) is 9.67. The van der Waals surface area contributed by atoms with Crippen molar-refractivity contribution in [3.63, 3.8) is 0 Å². The fraction of sp³-hybridized carbons (Fsp3) is 0.500. The van der Waals surface area contributed by atoms with Crippen LogP contribution in [-0.4, -0.2) is 69.1 Å². The second-order valence-corrected chi connectivity index (χ2v) is 10.1. The standard InChI is InChI=1S/C24H27Cl2N7O/c1-15(19-5-4-18(25)9-20(19)26)33-24-23(21(10-27)30-33)28-11-22(29-24)32-13-17(14-32)16-3-2-6-31(12-16)7-8-34/h4-5,9,11,15-17,34H,2-3,6-8,12-14H2,1H3/t15?,16-/m1/s1. The molecular weight excluding hydrogens is 473 g/mol. The molecule has 1 unspecified atom stereocenters. The van der Waals surface area contributed by atoms with Gasteiger partial charge in [0.25, 0.3) is 0 Å². The highest BCUT2D eigenvalue weighted by molar-refractivity contribution is 6.35. The van der Waals surface area contributed by atoms with Crippen LogP contribution in [0.5, 0.6) is 0 Å². The number of benzene rings is 1. The number of halogens is 2. The molecule has 0 aliphatic carbocycles. The van der Waals surface area contributed by atoms with E-state index in [1.165, 1.54) is 12.8 Å². The molecular formula is C24H27Cl2N7O. The molecule has 1 aromatic carbocycles. The summed E-state index contributed by atoms with van der Waals surface area (Å²) >= 11 is 12.5. The zero-order valence-corrected chi connectivity index (χ0v) is 20.5. The van der Waals surface area contributed by atoms with Gasteiger partial charge in [0.2, 0.25) is 0 Å². The summed E-state index contributed by atoms with van der Waals surface area (Å²) < 4.78 is 1.73. The molecule has 8 nitrogen and oxygen atoms in total. The molecule has 1 N–H and O–H groups in total. The normalized spacial score (nSPS) is 20.3. The Morgan fingerprint density at radius 1 is 1.24 bits per heavy atom. The average Bonchev–Trinajstić information content (AvgIpc) is 3.16. The molecule has 0 saturated carbocycles. The number of aliphatic hydroxyl groups is 1. The molecule has 2 atom stereocenters. The van der Waals surface area contributed by atoms with Crippen LogP contribution in [0.15, 0.2) is 24.4 Å². The van der Waals surface area contributed by atoms with Gasteiger partial charge < -0.3 is 14.9 Å². The van der Waals surface area contributed by atoms with Crippen LogP contribution in [0.4, 0.5) is 5.82 Å². The number of hydrogen-bond acceptors (Lipinski definition) is 7. The minimum absolute atomic E-state index is 0.219. The lowest BCUT2D eigenvalue weighted by Crippen LogP contribution is -2.54. The lowest BCUT2D eigenvalue weighted by Gasteiger charge is -2.47. The Balaban J connectivity index is 1.38. The Bertz CT molecular complexity index is 1230. The van der Waals surface area contributed by atoms with Crippen LogP contribution in [0.2, 0.25) is 10.0 Å². The highest BCUT2D eigenvalue weighted by atomic mass is 35.5. The molecule has 5 rings (SSSR count). The summed E-state index contributed by atoms with van der Waals surface area (Å²) in [5.74, 6) is 2.06. The molecule has 2 fully saturated rings. The third-order valence-electron chi connectivity index (χ3n) is 7.13. The first-order valence-corrected chi connectivity index (χ1v) is 12.4. The van der Waals surface area contributed by atoms with E-state index in [-0.39, 0.29) is 18.3 Å². The number of nitriles is 1. The highest BCUT2D eigenvalue weighted by Crippen LogP contribution is 2.35. The Kier molecular flexibility index (Phi) is 6.63. The molecule has 34 heavy (non-hydrogen) atoms. The second-order valence-electron chi connectivity index (χ2n) is 9.24. The quantitative estimate of drug-likeness (QED) is 0.551. The minimum atomic E-state index is -0.247. The number of rotatable bonds is 6. The van der Waals surface area contributed by atoms with E-state index in [9.17, 15) is 10.4 Å². The molecule has 2 aliphatic rings. The van der Waals surface area contributed by atoms with Gasteiger partial charge in [0.1, 0.15) is 17.4 Å². The van der Waals surface area contributed by atoms with Crippen molar-refractivity contribution in [3.8, 4) is 6.07 Å². The summed E-state index contributed by atoms with van der Waals surface area (Å²) in [6, 6.07) is 7.26. The summed E-state index contributed by atoms with van der Waals surface area (Å²) in [7, 11) is 0. The van der Waals surface area contributed by atoms with Crippen LogP contribution >= 0.6 is 23.2 Å². The molecule has 4 heterocycles. The first-order valence-electron chi connectivity index (χ1n) is 11.7. The van der Waals surface area contributed by atoms with Gasteiger partial charge in [-0.05, 0) is 55.8 Å². The molecule has 0 radical (unpaired) electrons. The van der Waals surface area contributed by atoms with Crippen molar-refractivity contribution in [3.05, 3.63) is 45.7 Å². The maximum Gasteiger partial charge on any atom is 0.190 e. The number of likely N-dealkylation sites (tertiary alicyclic amines) is 1. The smallest absolute Gasteiger partial charge is 0.190 e. The van der Waals surface area contributed by atoms with Crippen molar-refractivity contribution in [1.29, 1.82) is 5.26 Å². The predicted octanol–water partition coefficient (Wildman–Crippen LogP) is 3.75. The van der Waals surface area contributed by atoms with Crippen molar-refractivity contribution in [1.82, 2.24) is 24.6 Å². The molecule has 3 aromatic rings. The molecule has 2 aliphatic heterocycles. The fourth-order valence-corrected chi connectivity index (χ4v) is 5.75. The van der Waals surface area contributed by atoms with E-state index in [1.807, 2.05) is 13.0 Å². The van der Waals surface area contributed by atoms with E-state index in [1.54, 1.807) is 23.0 Å². The molecule has 2 aromatic heterocycles. The van der Waals surface area contributed by atoms with Crippen LogP contribution in [0.3, 0.4) is 0 Å². The highest BCUT2D eigenvalue weighted by Gasteiger charge is 2.36. The summed E-state index contributed by atoms with van der Waals surface area (Å²) in [6.07, 6.45) is 4.17. The number of hydrogen-bond donors (Lipinski definition) is 1. The SMILES string of the molecule is CC(c1ccc(Cl)cc1Cl)n1nc(C#N)c2ncc(N3CC([C@@H]4CCCN(CCO)C4)C3)nc21. The number of nitrogens with zero attached hydrogens (tertiary/aromatic N) is 7. The van der Waals surface area contributed by atoms with Crippen LogP contribution in [0.25, 0.3) is 11.2 Å². The number of aliphatic hydroxyl groups excluding tert-OH is 1. The molecule has 0 bridgehead atoms. The lowest BCUT2D eigenvalue weighted by atomic mass is 9.80. The van der Waals surface area contributed by atoms with Crippen molar-refractivity contribution in [2.75, 3.05) is 44.2 Å². The topological polar surface area (TPSA) is 94.1 Å². The van der Waals surface area contributed by atoms with E-state index in [2.05, 4.69) is 26.0 Å². The number of piperidine rings is 1. The van der Waals surface area contributed by atoms with Crippen LogP contribution in [-0.2, 0) is 0 Å². The largest absolute Gasteiger partial charge is 0.395 e. The number of aromatic nitrogens is 4. The molecule has 0 spiro atoms. The predicted molar refractivity (Wildman–Crippen MR) is 132 cm³/mol. The van der Waals surface area contributed by atoms with Gasteiger partial charge in [-0.25, -0.2) is 14.6 Å². The van der Waals surface area contributed by atoms with E-state index in [0.29, 0.717) is 33.0 Å². The van der Waals surface area contributed by atoms with E-state index in [0.717, 1.165) is 44.1 Å². The monoisotopic (exact) mass is 499 g/mol. The van der Waals surface area contributed by atoms with Gasteiger partial charge in [0.15, 0.2) is 11.3 Å². The summed E-state index contributed by atoms with van der Waals surface area (Å²) in [4.78, 5) is 14.1. The Labute approximate surface area is 208 Å². The van der Waals surface area contributed by atoms with Gasteiger partial charge in [0.05, 0.1) is 18.8 Å². The molecule has 2 saturated heterocycles. The van der Waals surface area contributed by atoms with Crippen molar-refractivity contribution in [2.24, 2.45) is 11.8 Å². The first kappa shape index (κ1) is 23.3. The average molecular weight is 500 g/mol. The Morgan fingerprint density at radius 2 is 2.06 bits per heavy atom. The van der Waals surface area contributed by atoms with Crippen LogP contribution in [0, 0.1) is 23.2 Å². The molecule has 178 valence electrons. The van der Waals surface area contributed by atoms with Gasteiger partial charge in [-0.1, -0.05) is 29.3 Å². The van der Waals surface area contributed by atoms with Crippen LogP contribution in [0.1, 0.15) is 37.1 Å². The third-order valence-corrected chi connectivity index (χ3v) is 7.70. The fourth-order valence-electron chi connectivity index (χ4n) is 5.19. The molecule has 10 heteroatoms. The maximum atomic E-state index is 9.60. The molecule has 0 amide bonds. The van der Waals surface area contributed by atoms with E-state index < -0.39 is 0 Å². The van der Waals surface area contributed by atoms with Gasteiger partial charge in [-0.2, -0.15) is 10.4 Å². The van der Waals surface area contributed by atoms with Crippen molar-refractivity contribution in [2.45, 2.75) is 25.8 Å². The maximum absolute atomic E-state index is 9.60. The lowest BCUT2D eigenvalue weighted by molar-refractivity contribution is 0.101. The Hall–Kier alpha value is -2.44. The van der Waals surface area contributed by atoms with Crippen molar-refractivity contribution < 1.29 is 5.11 Å².